The number of benzene rings is 1. The molecule has 1 aliphatic carbocycles. The third-order valence-corrected chi connectivity index (χ3v) is 6.51. The number of amides is 2. The predicted molar refractivity (Wildman–Crippen MR) is 115 cm³/mol. The van der Waals surface area contributed by atoms with Gasteiger partial charge in [-0.05, 0) is 43.2 Å². The summed E-state index contributed by atoms with van der Waals surface area (Å²) in [6, 6.07) is 5.16. The van der Waals surface area contributed by atoms with Crippen molar-refractivity contribution in [1.29, 1.82) is 0 Å². The van der Waals surface area contributed by atoms with Gasteiger partial charge in [0.15, 0.2) is 12.4 Å². The second-order valence-corrected chi connectivity index (χ2v) is 9.23. The number of ketones is 1. The van der Waals surface area contributed by atoms with Crippen molar-refractivity contribution < 1.29 is 28.7 Å². The van der Waals surface area contributed by atoms with E-state index in [1.165, 1.54) is 7.11 Å². The highest BCUT2D eigenvalue weighted by Gasteiger charge is 2.53. The van der Waals surface area contributed by atoms with Crippen LogP contribution in [0.25, 0.3) is 0 Å². The molecule has 1 aliphatic heterocycles. The molecule has 1 saturated carbocycles. The molecule has 4 atom stereocenters. The Morgan fingerprint density at radius 2 is 1.84 bits per heavy atom. The van der Waals surface area contributed by atoms with Crippen LogP contribution in [-0.2, 0) is 19.1 Å². The van der Waals surface area contributed by atoms with E-state index in [-0.39, 0.29) is 36.2 Å². The van der Waals surface area contributed by atoms with E-state index in [4.69, 9.17) is 4.74 Å². The second-order valence-electron chi connectivity index (χ2n) is 8.31. The maximum absolute atomic E-state index is 13.3. The SMILES string of the molecule is COC(=O)NC(C(=O)N1C2CCC(C2)C1C(=O)OCC(=O)c1ccc(Br)cc1)C(C)C. The largest absolute Gasteiger partial charge is 0.456 e. The van der Waals surface area contributed by atoms with Crippen molar-refractivity contribution in [2.45, 2.75) is 51.2 Å². The molecule has 2 bridgehead atoms. The Kier molecular flexibility index (Phi) is 7.35. The van der Waals surface area contributed by atoms with Crippen LogP contribution >= 0.6 is 15.9 Å². The Balaban J connectivity index is 1.70. The fourth-order valence-corrected chi connectivity index (χ4v) is 4.67. The molecule has 31 heavy (non-hydrogen) atoms. The zero-order chi connectivity index (χ0) is 22.7. The number of halogens is 1. The average Bonchev–Trinajstić information content (AvgIpc) is 3.37. The molecule has 168 valence electrons. The van der Waals surface area contributed by atoms with Crippen LogP contribution < -0.4 is 5.32 Å². The monoisotopic (exact) mass is 494 g/mol. The lowest BCUT2D eigenvalue weighted by atomic mass is 9.96. The number of methoxy groups -OCH3 is 1. The predicted octanol–water partition coefficient (Wildman–Crippen LogP) is 2.94. The first-order valence-corrected chi connectivity index (χ1v) is 11.1. The minimum atomic E-state index is -0.813. The lowest BCUT2D eigenvalue weighted by Gasteiger charge is -2.37. The Hall–Kier alpha value is -2.42. The van der Waals surface area contributed by atoms with Gasteiger partial charge in [-0.1, -0.05) is 41.9 Å². The van der Waals surface area contributed by atoms with Crippen LogP contribution in [0.5, 0.6) is 0 Å². The molecule has 0 radical (unpaired) electrons. The second kappa shape index (κ2) is 9.80. The Morgan fingerprint density at radius 3 is 2.45 bits per heavy atom. The van der Waals surface area contributed by atoms with Crippen molar-refractivity contribution in [1.82, 2.24) is 10.2 Å². The molecular weight excluding hydrogens is 468 g/mol. The van der Waals surface area contributed by atoms with Crippen LogP contribution in [0, 0.1) is 11.8 Å². The molecule has 4 unspecified atom stereocenters. The average molecular weight is 495 g/mol. The Morgan fingerprint density at radius 1 is 1.16 bits per heavy atom. The first-order valence-electron chi connectivity index (χ1n) is 10.3. The van der Waals surface area contributed by atoms with Crippen molar-refractivity contribution in [2.75, 3.05) is 13.7 Å². The molecule has 0 spiro atoms. The molecule has 2 aliphatic rings. The summed E-state index contributed by atoms with van der Waals surface area (Å²) in [7, 11) is 1.23. The molecule has 1 saturated heterocycles. The van der Waals surface area contributed by atoms with Gasteiger partial charge in [0, 0.05) is 16.1 Å². The number of rotatable bonds is 7. The first-order chi connectivity index (χ1) is 14.7. The number of nitrogens with zero attached hydrogens (tertiary/aromatic N) is 1. The van der Waals surface area contributed by atoms with Gasteiger partial charge in [0.1, 0.15) is 12.1 Å². The summed E-state index contributed by atoms with van der Waals surface area (Å²) in [6.07, 6.45) is 1.65. The smallest absolute Gasteiger partial charge is 0.407 e. The van der Waals surface area contributed by atoms with E-state index in [9.17, 15) is 19.2 Å². The van der Waals surface area contributed by atoms with Gasteiger partial charge >= 0.3 is 12.1 Å². The van der Waals surface area contributed by atoms with Crippen molar-refractivity contribution in [3.63, 3.8) is 0 Å². The lowest BCUT2D eigenvalue weighted by Crippen LogP contribution is -2.58. The topological polar surface area (TPSA) is 102 Å². The maximum atomic E-state index is 13.3. The number of likely N-dealkylation sites (tertiary alicyclic amines) is 1. The fourth-order valence-electron chi connectivity index (χ4n) is 4.41. The van der Waals surface area contributed by atoms with E-state index in [1.54, 1.807) is 29.2 Å². The highest BCUT2D eigenvalue weighted by Crippen LogP contribution is 2.43. The Labute approximate surface area is 189 Å². The van der Waals surface area contributed by atoms with Crippen LogP contribution in [0.1, 0.15) is 43.5 Å². The first kappa shape index (κ1) is 23.2. The molecule has 1 aromatic rings. The summed E-state index contributed by atoms with van der Waals surface area (Å²) in [5.41, 5.74) is 0.444. The fraction of sp³-hybridized carbons (Fsp3) is 0.545. The van der Waals surface area contributed by atoms with Gasteiger partial charge in [-0.15, -0.1) is 0 Å². The number of hydrogen-bond donors (Lipinski definition) is 1. The number of hydrogen-bond acceptors (Lipinski definition) is 6. The maximum Gasteiger partial charge on any atom is 0.407 e. The Bertz CT molecular complexity index is 856. The van der Waals surface area contributed by atoms with Crippen molar-refractivity contribution in [3.05, 3.63) is 34.3 Å². The van der Waals surface area contributed by atoms with Crippen LogP contribution in [0.3, 0.4) is 0 Å². The summed E-state index contributed by atoms with van der Waals surface area (Å²) in [4.78, 5) is 51.9. The van der Waals surface area contributed by atoms with Gasteiger partial charge in [0.25, 0.3) is 0 Å². The minimum absolute atomic E-state index is 0.00447. The number of esters is 1. The quantitative estimate of drug-likeness (QED) is 0.461. The van der Waals surface area contributed by atoms with E-state index >= 15 is 0 Å². The van der Waals surface area contributed by atoms with Crippen LogP contribution in [-0.4, -0.2) is 60.5 Å². The zero-order valence-corrected chi connectivity index (χ0v) is 19.4. The van der Waals surface area contributed by atoms with Crippen molar-refractivity contribution in [2.24, 2.45) is 11.8 Å². The third kappa shape index (κ3) is 5.08. The molecule has 1 heterocycles. The number of alkyl carbamates (subject to hydrolysis) is 1. The molecule has 0 aromatic heterocycles. The van der Waals surface area contributed by atoms with Gasteiger partial charge < -0.3 is 19.7 Å². The van der Waals surface area contributed by atoms with Gasteiger partial charge in [0.2, 0.25) is 5.91 Å². The molecule has 9 heteroatoms. The van der Waals surface area contributed by atoms with Crippen LogP contribution in [0.15, 0.2) is 28.7 Å². The van der Waals surface area contributed by atoms with Gasteiger partial charge in [0.05, 0.1) is 7.11 Å². The number of nitrogens with one attached hydrogen (secondary N) is 1. The summed E-state index contributed by atoms with van der Waals surface area (Å²) >= 11 is 3.31. The number of ether oxygens (including phenoxy) is 2. The molecule has 3 rings (SSSR count). The molecule has 2 fully saturated rings. The lowest BCUT2D eigenvalue weighted by molar-refractivity contribution is -0.157. The number of carbonyl (C=O) groups is 4. The van der Waals surface area contributed by atoms with E-state index < -0.39 is 24.1 Å². The summed E-state index contributed by atoms with van der Waals surface area (Å²) in [5.74, 6) is -1.41. The standard InChI is InChI=1S/C22H27BrN2O6/c1-12(2)18(24-22(29)30-3)20(27)25-16-9-6-14(10-16)19(25)21(28)31-11-17(26)13-4-7-15(23)8-5-13/h4-5,7-8,12,14,16,18-19H,6,9-11H2,1-3H3,(H,24,29). The van der Waals surface area contributed by atoms with Gasteiger partial charge in [-0.2, -0.15) is 0 Å². The third-order valence-electron chi connectivity index (χ3n) is 5.98. The van der Waals surface area contributed by atoms with E-state index in [0.717, 1.165) is 23.7 Å². The normalized spacial score (nSPS) is 22.9. The number of Topliss-reactive ketones (excluding diaryl/α,β-unsaturated/α-hetero) is 1. The molecule has 1 aromatic carbocycles. The van der Waals surface area contributed by atoms with Crippen molar-refractivity contribution in [3.8, 4) is 0 Å². The number of fused-ring (bicyclic) bond motifs is 2. The van der Waals surface area contributed by atoms with Gasteiger partial charge in [-0.3, -0.25) is 9.59 Å². The molecular formula is C22H27BrN2O6. The number of carbonyl (C=O) groups excluding carboxylic acids is 4. The number of piperidine rings is 1. The zero-order valence-electron chi connectivity index (χ0n) is 17.8. The van der Waals surface area contributed by atoms with E-state index in [2.05, 4.69) is 26.0 Å². The minimum Gasteiger partial charge on any atom is -0.456 e. The molecule has 8 nitrogen and oxygen atoms in total. The highest BCUT2D eigenvalue weighted by molar-refractivity contribution is 9.10. The van der Waals surface area contributed by atoms with Gasteiger partial charge in [-0.25, -0.2) is 9.59 Å². The van der Waals surface area contributed by atoms with E-state index in [1.807, 2.05) is 13.8 Å². The highest BCUT2D eigenvalue weighted by atomic mass is 79.9. The van der Waals surface area contributed by atoms with E-state index in [0.29, 0.717) is 5.56 Å². The molecule has 2 amide bonds. The van der Waals surface area contributed by atoms with Crippen LogP contribution in [0.4, 0.5) is 4.79 Å². The van der Waals surface area contributed by atoms with Crippen molar-refractivity contribution >= 4 is 39.7 Å². The summed E-state index contributed by atoms with van der Waals surface area (Å²) < 4.78 is 10.8. The molecule has 1 N–H and O–H groups in total. The summed E-state index contributed by atoms with van der Waals surface area (Å²) in [5, 5.41) is 2.58. The summed E-state index contributed by atoms with van der Waals surface area (Å²) in [6.45, 7) is 3.25. The van der Waals surface area contributed by atoms with Crippen LogP contribution in [0.2, 0.25) is 0 Å².